The summed E-state index contributed by atoms with van der Waals surface area (Å²) in [5, 5.41) is 7.29. The van der Waals surface area contributed by atoms with Crippen molar-refractivity contribution in [3.63, 3.8) is 0 Å². The van der Waals surface area contributed by atoms with E-state index >= 15 is 0 Å². The molecule has 0 radical (unpaired) electrons. The number of hydrogen-bond donors (Lipinski definition) is 0. The summed E-state index contributed by atoms with van der Waals surface area (Å²) in [6, 6.07) is 46.6. The van der Waals surface area contributed by atoms with Crippen molar-refractivity contribution in [2.45, 2.75) is 0 Å². The topological polar surface area (TPSA) is 43.6 Å². The zero-order chi connectivity index (χ0) is 27.6. The van der Waals surface area contributed by atoms with Crippen LogP contribution in [0.2, 0.25) is 0 Å². The average molecular weight is 555 g/mol. The number of fused-ring (bicyclic) bond motifs is 8. The molecule has 42 heavy (non-hydrogen) atoms. The Morgan fingerprint density at radius 3 is 1.79 bits per heavy atom. The van der Waals surface area contributed by atoms with Gasteiger partial charge in [0.25, 0.3) is 0 Å². The van der Waals surface area contributed by atoms with Gasteiger partial charge in [-0.05, 0) is 29.0 Å². The summed E-state index contributed by atoms with van der Waals surface area (Å²) in [4.78, 5) is 15.3. The van der Waals surface area contributed by atoms with Crippen molar-refractivity contribution in [1.82, 2.24) is 19.5 Å². The van der Waals surface area contributed by atoms with E-state index in [1.54, 1.807) is 0 Å². The van der Waals surface area contributed by atoms with Gasteiger partial charge in [0.1, 0.15) is 0 Å². The first-order chi connectivity index (χ1) is 20.8. The molecule has 0 unspecified atom stereocenters. The molecule has 5 heteroatoms. The Morgan fingerprint density at radius 2 is 1.07 bits per heavy atom. The van der Waals surface area contributed by atoms with E-state index in [0.717, 1.165) is 22.2 Å². The Bertz CT molecular complexity index is 2390. The molecule has 0 spiro atoms. The van der Waals surface area contributed by atoms with Crippen LogP contribution in [0.15, 0.2) is 133 Å². The fourth-order valence-electron chi connectivity index (χ4n) is 6.07. The summed E-state index contributed by atoms with van der Waals surface area (Å²) in [6.45, 7) is 0. The van der Waals surface area contributed by atoms with Crippen LogP contribution >= 0.6 is 11.3 Å². The van der Waals surface area contributed by atoms with Crippen LogP contribution in [0, 0.1) is 0 Å². The minimum atomic E-state index is 0.614. The highest BCUT2D eigenvalue weighted by atomic mass is 32.1. The highest BCUT2D eigenvalue weighted by Crippen LogP contribution is 2.43. The van der Waals surface area contributed by atoms with Gasteiger partial charge >= 0.3 is 0 Å². The SMILES string of the molecule is c1ccc(-c2nc(-c3ccccc3)nc(-n3c4cc5ccccc5cc4c4ccc5c6ccccc6sc5c43)n2)cc1. The quantitative estimate of drug-likeness (QED) is 0.218. The summed E-state index contributed by atoms with van der Waals surface area (Å²) in [5.41, 5.74) is 4.12. The molecule has 0 amide bonds. The largest absolute Gasteiger partial charge is 0.276 e. The molecule has 6 aromatic carbocycles. The van der Waals surface area contributed by atoms with Crippen molar-refractivity contribution in [1.29, 1.82) is 0 Å². The second kappa shape index (κ2) is 9.06. The van der Waals surface area contributed by atoms with Gasteiger partial charge in [-0.25, -0.2) is 4.98 Å². The normalized spacial score (nSPS) is 11.8. The molecule has 0 aliphatic rings. The van der Waals surface area contributed by atoms with Crippen LogP contribution in [0.25, 0.3) is 81.5 Å². The number of benzene rings is 6. The molecule has 196 valence electrons. The Morgan fingerprint density at radius 1 is 0.476 bits per heavy atom. The third-order valence-corrected chi connectivity index (χ3v) is 9.22. The number of rotatable bonds is 3. The van der Waals surface area contributed by atoms with Crippen LogP contribution in [-0.2, 0) is 0 Å². The van der Waals surface area contributed by atoms with Crippen molar-refractivity contribution in [3.05, 3.63) is 133 Å². The molecule has 9 rings (SSSR count). The maximum absolute atomic E-state index is 5.16. The Hall–Kier alpha value is -5.39. The fourth-order valence-corrected chi connectivity index (χ4v) is 7.31. The third kappa shape index (κ3) is 3.51. The lowest BCUT2D eigenvalue weighted by molar-refractivity contribution is 0.956. The van der Waals surface area contributed by atoms with Crippen molar-refractivity contribution >= 4 is 64.1 Å². The first-order valence-electron chi connectivity index (χ1n) is 14.0. The molecule has 0 N–H and O–H groups in total. The van der Waals surface area contributed by atoms with E-state index in [0.29, 0.717) is 17.6 Å². The molecular formula is C37H22N4S. The first kappa shape index (κ1) is 23.3. The Balaban J connectivity index is 1.47. The minimum absolute atomic E-state index is 0.614. The highest BCUT2D eigenvalue weighted by molar-refractivity contribution is 7.26. The Labute approximate surface area is 245 Å². The molecule has 0 saturated heterocycles. The fraction of sp³-hybridized carbons (Fsp3) is 0. The van der Waals surface area contributed by atoms with E-state index in [2.05, 4.69) is 102 Å². The van der Waals surface area contributed by atoms with E-state index < -0.39 is 0 Å². The molecule has 0 fully saturated rings. The van der Waals surface area contributed by atoms with Crippen LogP contribution in [0.3, 0.4) is 0 Å². The molecule has 4 nitrogen and oxygen atoms in total. The zero-order valence-electron chi connectivity index (χ0n) is 22.4. The monoisotopic (exact) mass is 554 g/mol. The lowest BCUT2D eigenvalue weighted by Crippen LogP contribution is -2.06. The first-order valence-corrected chi connectivity index (χ1v) is 14.8. The van der Waals surface area contributed by atoms with E-state index in [1.807, 2.05) is 47.7 Å². The van der Waals surface area contributed by atoms with Gasteiger partial charge in [0.05, 0.1) is 15.7 Å². The summed E-state index contributed by atoms with van der Waals surface area (Å²) >= 11 is 1.83. The van der Waals surface area contributed by atoms with Crippen LogP contribution in [0.5, 0.6) is 0 Å². The molecular weight excluding hydrogens is 533 g/mol. The maximum atomic E-state index is 5.16. The van der Waals surface area contributed by atoms with Gasteiger partial charge in [-0.1, -0.05) is 115 Å². The number of aromatic nitrogens is 4. The summed E-state index contributed by atoms with van der Waals surface area (Å²) < 4.78 is 4.76. The summed E-state index contributed by atoms with van der Waals surface area (Å²) in [5.74, 6) is 1.92. The molecule has 0 aliphatic carbocycles. The van der Waals surface area contributed by atoms with E-state index in [9.17, 15) is 0 Å². The van der Waals surface area contributed by atoms with Crippen LogP contribution in [-0.4, -0.2) is 19.5 Å². The molecule has 0 aliphatic heterocycles. The standard InChI is InChI=1S/C37H22N4S/c1-3-11-23(12-4-1)35-38-36(24-13-5-2-6-14-24)40-37(39-35)41-31-22-26-16-8-7-15-25(26)21-30(31)28-19-20-29-27-17-9-10-18-32(27)42-34(29)33(28)41/h1-22H. The van der Waals surface area contributed by atoms with Crippen LogP contribution < -0.4 is 0 Å². The van der Waals surface area contributed by atoms with Gasteiger partial charge in [-0.15, -0.1) is 11.3 Å². The zero-order valence-corrected chi connectivity index (χ0v) is 23.2. The van der Waals surface area contributed by atoms with Gasteiger partial charge in [0.2, 0.25) is 5.95 Å². The smallest absolute Gasteiger partial charge is 0.238 e. The van der Waals surface area contributed by atoms with Gasteiger partial charge in [0, 0.05) is 37.4 Å². The molecule has 3 heterocycles. The third-order valence-electron chi connectivity index (χ3n) is 8.03. The molecule has 3 aromatic heterocycles. The lowest BCUT2D eigenvalue weighted by atomic mass is 10.1. The molecule has 0 bridgehead atoms. The number of nitrogens with zero attached hydrogens (tertiary/aromatic N) is 4. The highest BCUT2D eigenvalue weighted by Gasteiger charge is 2.21. The van der Waals surface area contributed by atoms with Gasteiger partial charge < -0.3 is 0 Å². The van der Waals surface area contributed by atoms with Crippen LogP contribution in [0.4, 0.5) is 0 Å². The molecule has 0 saturated carbocycles. The van der Waals surface area contributed by atoms with Crippen LogP contribution in [0.1, 0.15) is 0 Å². The number of thiophene rings is 1. The van der Waals surface area contributed by atoms with Crippen molar-refractivity contribution in [2.75, 3.05) is 0 Å². The predicted molar refractivity (Wildman–Crippen MR) is 175 cm³/mol. The minimum Gasteiger partial charge on any atom is -0.276 e. The van der Waals surface area contributed by atoms with E-state index in [4.69, 9.17) is 15.0 Å². The van der Waals surface area contributed by atoms with Gasteiger partial charge in [0.15, 0.2) is 11.6 Å². The Kier molecular flexibility index (Phi) is 5.03. The maximum Gasteiger partial charge on any atom is 0.238 e. The lowest BCUT2D eigenvalue weighted by Gasteiger charge is -2.11. The summed E-state index contributed by atoms with van der Waals surface area (Å²) in [6.07, 6.45) is 0. The average Bonchev–Trinajstić information content (AvgIpc) is 3.60. The number of hydrogen-bond acceptors (Lipinski definition) is 4. The molecule has 0 atom stereocenters. The van der Waals surface area contributed by atoms with Crippen molar-refractivity contribution < 1.29 is 0 Å². The van der Waals surface area contributed by atoms with Gasteiger partial charge in [-0.2, -0.15) is 9.97 Å². The van der Waals surface area contributed by atoms with Gasteiger partial charge in [-0.3, -0.25) is 4.57 Å². The van der Waals surface area contributed by atoms with Crippen molar-refractivity contribution in [3.8, 4) is 28.7 Å². The van der Waals surface area contributed by atoms with E-state index in [-0.39, 0.29) is 0 Å². The predicted octanol–water partition coefficient (Wildman–Crippen LogP) is 9.82. The van der Waals surface area contributed by atoms with Crippen molar-refractivity contribution in [2.24, 2.45) is 0 Å². The molecule has 9 aromatic rings. The second-order valence-electron chi connectivity index (χ2n) is 10.5. The van der Waals surface area contributed by atoms with E-state index in [1.165, 1.54) is 41.7 Å². The summed E-state index contributed by atoms with van der Waals surface area (Å²) in [7, 11) is 0. The second-order valence-corrected chi connectivity index (χ2v) is 11.6.